The number of carbonyl (C=O) groups is 2. The highest BCUT2D eigenvalue weighted by Gasteiger charge is 2.44. The topological polar surface area (TPSA) is 200 Å². The summed E-state index contributed by atoms with van der Waals surface area (Å²) in [6, 6.07) is -1.44. The van der Waals surface area contributed by atoms with Crippen LogP contribution >= 0.6 is 0 Å². The van der Waals surface area contributed by atoms with E-state index in [1.165, 1.54) is 10.9 Å². The molecule has 1 unspecified atom stereocenters. The SMILES string of the molecule is O=C(O)C[C@@H](Nc1ncnc2c1ncn2[C@H]1OC(CO)[C@H](O)[C@@H]1O)C(=O)O. The number of carboxylic acid groups (broad SMARTS) is 2. The van der Waals surface area contributed by atoms with Crippen LogP contribution in [0.5, 0.6) is 0 Å². The summed E-state index contributed by atoms with van der Waals surface area (Å²) in [4.78, 5) is 34.0. The highest BCUT2D eigenvalue weighted by Crippen LogP contribution is 2.32. The van der Waals surface area contributed by atoms with E-state index in [-0.39, 0.29) is 17.0 Å². The second kappa shape index (κ2) is 7.40. The van der Waals surface area contributed by atoms with Gasteiger partial charge >= 0.3 is 11.9 Å². The molecule has 3 rings (SSSR count). The molecule has 6 N–H and O–H groups in total. The highest BCUT2D eigenvalue weighted by molar-refractivity contribution is 5.88. The summed E-state index contributed by atoms with van der Waals surface area (Å²) in [6.45, 7) is -0.501. The molecule has 1 saturated heterocycles. The fraction of sp³-hybridized carbons (Fsp3) is 0.500. The molecule has 0 radical (unpaired) electrons. The first-order valence-corrected chi connectivity index (χ1v) is 7.84. The Morgan fingerprint density at radius 3 is 2.56 bits per heavy atom. The Bertz CT molecular complexity index is 857. The third kappa shape index (κ3) is 3.52. The first-order chi connectivity index (χ1) is 12.8. The molecule has 13 nitrogen and oxygen atoms in total. The number of hydrogen-bond acceptors (Lipinski definition) is 10. The number of ether oxygens (including phenoxy) is 1. The van der Waals surface area contributed by atoms with Gasteiger partial charge in [-0.1, -0.05) is 0 Å². The van der Waals surface area contributed by atoms with E-state index in [0.29, 0.717) is 0 Å². The van der Waals surface area contributed by atoms with Gasteiger partial charge in [-0.15, -0.1) is 0 Å². The van der Waals surface area contributed by atoms with Crippen LogP contribution in [0.2, 0.25) is 0 Å². The number of rotatable bonds is 7. The third-order valence-electron chi connectivity index (χ3n) is 4.14. The van der Waals surface area contributed by atoms with Gasteiger partial charge in [-0.2, -0.15) is 0 Å². The van der Waals surface area contributed by atoms with Crippen LogP contribution < -0.4 is 5.32 Å². The van der Waals surface area contributed by atoms with Gasteiger partial charge in [0.05, 0.1) is 19.4 Å². The van der Waals surface area contributed by atoms with E-state index in [1.807, 2.05) is 0 Å². The van der Waals surface area contributed by atoms with Crippen molar-refractivity contribution in [1.29, 1.82) is 0 Å². The van der Waals surface area contributed by atoms with Crippen molar-refractivity contribution in [2.45, 2.75) is 37.0 Å². The van der Waals surface area contributed by atoms with Crippen molar-refractivity contribution in [3.63, 3.8) is 0 Å². The summed E-state index contributed by atoms with van der Waals surface area (Å²) in [6.07, 6.45) is -3.08. The van der Waals surface area contributed by atoms with Gasteiger partial charge in [0.2, 0.25) is 0 Å². The van der Waals surface area contributed by atoms with Crippen LogP contribution in [0.4, 0.5) is 5.82 Å². The Hall–Kier alpha value is -2.87. The molecular weight excluding hydrogens is 366 g/mol. The maximum atomic E-state index is 11.2. The number of nitrogens with zero attached hydrogens (tertiary/aromatic N) is 4. The third-order valence-corrected chi connectivity index (χ3v) is 4.14. The van der Waals surface area contributed by atoms with Gasteiger partial charge in [0.1, 0.15) is 30.7 Å². The lowest BCUT2D eigenvalue weighted by molar-refractivity contribution is -0.144. The van der Waals surface area contributed by atoms with Crippen LogP contribution in [0, 0.1) is 0 Å². The van der Waals surface area contributed by atoms with Gasteiger partial charge in [-0.25, -0.2) is 19.7 Å². The summed E-state index contributed by atoms with van der Waals surface area (Å²) in [7, 11) is 0. The number of hydrogen-bond donors (Lipinski definition) is 6. The average Bonchev–Trinajstić information content (AvgIpc) is 3.16. The molecule has 1 aliphatic rings. The number of imidazole rings is 1. The summed E-state index contributed by atoms with van der Waals surface area (Å²) in [5.74, 6) is -2.71. The Labute approximate surface area is 150 Å². The van der Waals surface area contributed by atoms with Crippen LogP contribution in [0.1, 0.15) is 12.6 Å². The maximum Gasteiger partial charge on any atom is 0.326 e. The second-order valence-electron chi connectivity index (χ2n) is 5.91. The fourth-order valence-corrected chi connectivity index (χ4v) is 2.79. The Balaban J connectivity index is 1.93. The van der Waals surface area contributed by atoms with Crippen LogP contribution in [0.15, 0.2) is 12.7 Å². The van der Waals surface area contributed by atoms with Crippen LogP contribution in [-0.4, -0.2) is 88.0 Å². The quantitative estimate of drug-likeness (QED) is 0.301. The molecule has 1 fully saturated rings. The molecule has 0 saturated carbocycles. The molecule has 0 aromatic carbocycles. The lowest BCUT2D eigenvalue weighted by atomic mass is 10.1. The lowest BCUT2D eigenvalue weighted by Crippen LogP contribution is -2.33. The number of anilines is 1. The largest absolute Gasteiger partial charge is 0.481 e. The minimum atomic E-state index is -1.44. The van der Waals surface area contributed by atoms with E-state index in [0.717, 1.165) is 6.33 Å². The van der Waals surface area contributed by atoms with Crippen LogP contribution in [-0.2, 0) is 14.3 Å². The van der Waals surface area contributed by atoms with Crippen LogP contribution in [0.3, 0.4) is 0 Å². The first kappa shape index (κ1) is 18.9. The van der Waals surface area contributed by atoms with Crippen molar-refractivity contribution in [3.8, 4) is 0 Å². The van der Waals surface area contributed by atoms with E-state index in [4.69, 9.17) is 14.9 Å². The van der Waals surface area contributed by atoms with Gasteiger partial charge in [0.25, 0.3) is 0 Å². The zero-order chi connectivity index (χ0) is 19.7. The molecule has 3 heterocycles. The maximum absolute atomic E-state index is 11.2. The normalized spacial score (nSPS) is 26.2. The van der Waals surface area contributed by atoms with Gasteiger partial charge in [-0.3, -0.25) is 9.36 Å². The van der Waals surface area contributed by atoms with Crippen molar-refractivity contribution in [2.75, 3.05) is 11.9 Å². The summed E-state index contributed by atoms with van der Waals surface area (Å²) in [5.41, 5.74) is 0.272. The fourth-order valence-electron chi connectivity index (χ4n) is 2.79. The molecule has 27 heavy (non-hydrogen) atoms. The minimum absolute atomic E-state index is 0.0147. The molecule has 0 amide bonds. The van der Waals surface area contributed by atoms with Gasteiger partial charge < -0.3 is 35.6 Å². The molecule has 0 spiro atoms. The average molecular weight is 383 g/mol. The van der Waals surface area contributed by atoms with Gasteiger partial charge in [-0.05, 0) is 0 Å². The summed E-state index contributed by atoms with van der Waals surface area (Å²) >= 11 is 0. The Morgan fingerprint density at radius 2 is 1.96 bits per heavy atom. The molecule has 146 valence electrons. The lowest BCUT2D eigenvalue weighted by Gasteiger charge is -2.17. The van der Waals surface area contributed by atoms with Crippen molar-refractivity contribution >= 4 is 28.9 Å². The van der Waals surface area contributed by atoms with Gasteiger partial charge in [0, 0.05) is 0 Å². The second-order valence-corrected chi connectivity index (χ2v) is 5.91. The molecule has 5 atom stereocenters. The molecule has 1 aliphatic heterocycles. The minimum Gasteiger partial charge on any atom is -0.481 e. The summed E-state index contributed by atoms with van der Waals surface area (Å²) in [5, 5.41) is 49.7. The van der Waals surface area contributed by atoms with E-state index >= 15 is 0 Å². The molecule has 2 aromatic heterocycles. The molecule has 0 aliphatic carbocycles. The van der Waals surface area contributed by atoms with E-state index < -0.39 is 55.5 Å². The first-order valence-electron chi connectivity index (χ1n) is 7.84. The predicted octanol–water partition coefficient (Wildman–Crippen LogP) is -2.22. The van der Waals surface area contributed by atoms with Crippen molar-refractivity contribution < 1.29 is 39.9 Å². The van der Waals surface area contributed by atoms with E-state index in [9.17, 15) is 24.9 Å². The smallest absolute Gasteiger partial charge is 0.326 e. The zero-order valence-corrected chi connectivity index (χ0v) is 13.7. The Kier molecular flexibility index (Phi) is 5.18. The molecular formula is C14H17N5O8. The standard InChI is InChI=1S/C14H17N5O8/c20-2-6-9(23)10(24)13(27-6)19-4-17-8-11(15-3-16-12(8)19)18-5(14(25)26)1-7(21)22/h3-6,9-10,13,20,23-24H,1-2H2,(H,21,22)(H,25,26)(H,15,16,18)/t5-,6?,9+,10+,13+/m1/s1. The monoisotopic (exact) mass is 383 g/mol. The zero-order valence-electron chi connectivity index (χ0n) is 13.7. The van der Waals surface area contributed by atoms with Crippen LogP contribution in [0.25, 0.3) is 11.2 Å². The number of aromatic nitrogens is 4. The number of aliphatic carboxylic acids is 2. The predicted molar refractivity (Wildman–Crippen MR) is 85.6 cm³/mol. The van der Waals surface area contributed by atoms with Crippen molar-refractivity contribution in [1.82, 2.24) is 19.5 Å². The molecule has 2 aromatic rings. The molecule has 13 heteroatoms. The highest BCUT2D eigenvalue weighted by atomic mass is 16.6. The van der Waals surface area contributed by atoms with E-state index in [1.54, 1.807) is 0 Å². The Morgan fingerprint density at radius 1 is 1.22 bits per heavy atom. The number of fused-ring (bicyclic) bond motifs is 1. The number of aliphatic hydroxyl groups excluding tert-OH is 3. The summed E-state index contributed by atoms with van der Waals surface area (Å²) < 4.78 is 6.72. The van der Waals surface area contributed by atoms with Gasteiger partial charge in [0.15, 0.2) is 23.2 Å². The number of carboxylic acids is 2. The van der Waals surface area contributed by atoms with E-state index in [2.05, 4.69) is 20.3 Å². The van der Waals surface area contributed by atoms with Crippen molar-refractivity contribution in [2.24, 2.45) is 0 Å². The van der Waals surface area contributed by atoms with Crippen molar-refractivity contribution in [3.05, 3.63) is 12.7 Å². The molecule has 0 bridgehead atoms. The number of aliphatic hydroxyl groups is 3. The number of nitrogens with one attached hydrogen (secondary N) is 1.